The molecule has 0 aliphatic rings. The van der Waals surface area contributed by atoms with Crippen molar-refractivity contribution >= 4 is 17.1 Å². The zero-order chi connectivity index (χ0) is 14.0. The third-order valence-corrected chi connectivity index (χ3v) is 2.94. The maximum Gasteiger partial charge on any atom is 0.341 e. The van der Waals surface area contributed by atoms with Crippen LogP contribution in [0.2, 0.25) is 0 Å². The van der Waals surface area contributed by atoms with Gasteiger partial charge in [-0.3, -0.25) is 0 Å². The van der Waals surface area contributed by atoms with Gasteiger partial charge in [-0.15, -0.1) is 0 Å². The number of pyridine rings is 1. The Kier molecular flexibility index (Phi) is 3.69. The molecular formula is C13H17N3O3. The van der Waals surface area contributed by atoms with E-state index in [2.05, 4.69) is 16.9 Å². The molecular weight excluding hydrogens is 246 g/mol. The molecule has 6 nitrogen and oxygen atoms in total. The maximum absolute atomic E-state index is 11.4. The summed E-state index contributed by atoms with van der Waals surface area (Å²) in [6.07, 6.45) is 3.46. The van der Waals surface area contributed by atoms with Gasteiger partial charge in [0, 0.05) is 7.05 Å². The summed E-state index contributed by atoms with van der Waals surface area (Å²) in [6.45, 7) is 4.20. The molecule has 0 amide bonds. The summed E-state index contributed by atoms with van der Waals surface area (Å²) in [5.74, 6) is -0.715. The van der Waals surface area contributed by atoms with E-state index in [9.17, 15) is 9.90 Å². The fourth-order valence-corrected chi connectivity index (χ4v) is 1.92. The second kappa shape index (κ2) is 5.26. The van der Waals surface area contributed by atoms with Crippen LogP contribution in [0.3, 0.4) is 0 Å². The number of nitrogens with zero attached hydrogens (tertiary/aromatic N) is 3. The average Bonchev–Trinajstić information content (AvgIpc) is 2.70. The number of hydrogen-bond donors (Lipinski definition) is 1. The number of ether oxygens (including phenoxy) is 1. The normalized spacial score (nSPS) is 10.9. The van der Waals surface area contributed by atoms with E-state index < -0.39 is 5.97 Å². The van der Waals surface area contributed by atoms with E-state index in [-0.39, 0.29) is 5.56 Å². The highest BCUT2D eigenvalue weighted by atomic mass is 16.5. The lowest BCUT2D eigenvalue weighted by molar-refractivity contribution is 0.0691. The van der Waals surface area contributed by atoms with Crippen LogP contribution in [0.1, 0.15) is 35.8 Å². The minimum absolute atomic E-state index is 0.0994. The molecule has 2 rings (SSSR count). The molecule has 6 heteroatoms. The first kappa shape index (κ1) is 13.3. The third kappa shape index (κ3) is 2.38. The van der Waals surface area contributed by atoms with E-state index >= 15 is 0 Å². The van der Waals surface area contributed by atoms with Crippen LogP contribution in [0.15, 0.2) is 6.33 Å². The zero-order valence-corrected chi connectivity index (χ0v) is 11.3. The SMILES string of the molecule is CCCCOc1c(C(=O)O)c(C)nc2c1ncn2C. The molecule has 0 saturated heterocycles. The van der Waals surface area contributed by atoms with Gasteiger partial charge in [-0.1, -0.05) is 13.3 Å². The molecule has 2 heterocycles. The van der Waals surface area contributed by atoms with Gasteiger partial charge in [0.1, 0.15) is 5.56 Å². The van der Waals surface area contributed by atoms with Crippen molar-refractivity contribution in [2.24, 2.45) is 7.05 Å². The number of carbonyl (C=O) groups is 1. The van der Waals surface area contributed by atoms with Crippen molar-refractivity contribution in [1.82, 2.24) is 14.5 Å². The number of aromatic nitrogens is 3. The molecule has 2 aromatic heterocycles. The Morgan fingerprint density at radius 2 is 2.26 bits per heavy atom. The number of hydrogen-bond acceptors (Lipinski definition) is 4. The fourth-order valence-electron chi connectivity index (χ4n) is 1.92. The Bertz CT molecular complexity index is 619. The van der Waals surface area contributed by atoms with Gasteiger partial charge in [-0.25, -0.2) is 14.8 Å². The molecule has 0 atom stereocenters. The molecule has 0 radical (unpaired) electrons. The molecule has 0 fully saturated rings. The molecule has 0 aliphatic heterocycles. The average molecular weight is 263 g/mol. The van der Waals surface area contributed by atoms with Gasteiger partial charge in [-0.2, -0.15) is 0 Å². The first-order chi connectivity index (χ1) is 9.06. The zero-order valence-electron chi connectivity index (χ0n) is 11.3. The van der Waals surface area contributed by atoms with Gasteiger partial charge in [0.25, 0.3) is 0 Å². The second-order valence-electron chi connectivity index (χ2n) is 4.44. The van der Waals surface area contributed by atoms with Gasteiger partial charge in [-0.05, 0) is 13.3 Å². The van der Waals surface area contributed by atoms with E-state index in [0.29, 0.717) is 29.2 Å². The van der Waals surface area contributed by atoms with Crippen LogP contribution in [-0.4, -0.2) is 32.2 Å². The molecule has 2 aromatic rings. The van der Waals surface area contributed by atoms with E-state index in [0.717, 1.165) is 12.8 Å². The standard InChI is InChI=1S/C13H17N3O3/c1-4-5-6-19-11-9(13(17)18)8(2)15-12-10(11)14-7-16(12)3/h7H,4-6H2,1-3H3,(H,17,18). The molecule has 102 valence electrons. The minimum atomic E-state index is -1.04. The number of fused-ring (bicyclic) bond motifs is 1. The Balaban J connectivity index is 2.59. The van der Waals surface area contributed by atoms with Crippen molar-refractivity contribution in [2.45, 2.75) is 26.7 Å². The molecule has 1 N–H and O–H groups in total. The topological polar surface area (TPSA) is 77.2 Å². The van der Waals surface area contributed by atoms with E-state index in [1.54, 1.807) is 17.8 Å². The third-order valence-electron chi connectivity index (χ3n) is 2.94. The van der Waals surface area contributed by atoms with Gasteiger partial charge < -0.3 is 14.4 Å². The quantitative estimate of drug-likeness (QED) is 0.836. The number of imidazole rings is 1. The highest BCUT2D eigenvalue weighted by molar-refractivity contribution is 5.98. The van der Waals surface area contributed by atoms with Crippen molar-refractivity contribution in [2.75, 3.05) is 6.61 Å². The Morgan fingerprint density at radius 3 is 2.89 bits per heavy atom. The lowest BCUT2D eigenvalue weighted by atomic mass is 10.1. The number of carboxylic acids is 1. The van der Waals surface area contributed by atoms with Crippen molar-refractivity contribution in [3.05, 3.63) is 17.6 Å². The van der Waals surface area contributed by atoms with Gasteiger partial charge in [0.05, 0.1) is 18.6 Å². The van der Waals surface area contributed by atoms with Crippen molar-refractivity contribution < 1.29 is 14.6 Å². The predicted molar refractivity (Wildman–Crippen MR) is 70.6 cm³/mol. The van der Waals surface area contributed by atoms with Crippen LogP contribution in [0.4, 0.5) is 0 Å². The summed E-state index contributed by atoms with van der Waals surface area (Å²) in [5, 5.41) is 9.31. The molecule has 19 heavy (non-hydrogen) atoms. The van der Waals surface area contributed by atoms with Crippen LogP contribution in [0.25, 0.3) is 11.2 Å². The van der Waals surface area contributed by atoms with E-state index in [1.807, 2.05) is 7.05 Å². The van der Waals surface area contributed by atoms with Crippen molar-refractivity contribution in [1.29, 1.82) is 0 Å². The Hall–Kier alpha value is -2.11. The lowest BCUT2D eigenvalue weighted by Gasteiger charge is -2.11. The van der Waals surface area contributed by atoms with E-state index in [4.69, 9.17) is 4.74 Å². The Labute approximate surface area is 111 Å². The summed E-state index contributed by atoms with van der Waals surface area (Å²) in [6, 6.07) is 0. The van der Waals surface area contributed by atoms with Crippen molar-refractivity contribution in [3.63, 3.8) is 0 Å². The summed E-state index contributed by atoms with van der Waals surface area (Å²) >= 11 is 0. The number of aryl methyl sites for hydroxylation is 2. The van der Waals surface area contributed by atoms with Crippen LogP contribution in [0.5, 0.6) is 5.75 Å². The van der Waals surface area contributed by atoms with Crippen LogP contribution in [-0.2, 0) is 7.05 Å². The molecule has 0 aliphatic carbocycles. The second-order valence-corrected chi connectivity index (χ2v) is 4.44. The summed E-state index contributed by atoms with van der Waals surface area (Å²) in [4.78, 5) is 19.8. The van der Waals surface area contributed by atoms with Gasteiger partial charge in [0.2, 0.25) is 0 Å². The lowest BCUT2D eigenvalue weighted by Crippen LogP contribution is -2.09. The molecule has 0 unspecified atom stereocenters. The molecule has 0 aromatic carbocycles. The summed E-state index contributed by atoms with van der Waals surface area (Å²) < 4.78 is 7.40. The van der Waals surface area contributed by atoms with E-state index in [1.165, 1.54) is 0 Å². The highest BCUT2D eigenvalue weighted by Crippen LogP contribution is 2.29. The van der Waals surface area contributed by atoms with Gasteiger partial charge >= 0.3 is 5.97 Å². The van der Waals surface area contributed by atoms with Crippen LogP contribution >= 0.6 is 0 Å². The first-order valence-corrected chi connectivity index (χ1v) is 6.24. The van der Waals surface area contributed by atoms with Crippen molar-refractivity contribution in [3.8, 4) is 5.75 Å². The highest BCUT2D eigenvalue weighted by Gasteiger charge is 2.22. The van der Waals surface area contributed by atoms with Gasteiger partial charge in [0.15, 0.2) is 16.9 Å². The monoisotopic (exact) mass is 263 g/mol. The molecule has 0 bridgehead atoms. The molecule has 0 spiro atoms. The maximum atomic E-state index is 11.4. The first-order valence-electron chi connectivity index (χ1n) is 6.24. The number of rotatable bonds is 5. The largest absolute Gasteiger partial charge is 0.490 e. The Morgan fingerprint density at radius 1 is 1.53 bits per heavy atom. The van der Waals surface area contributed by atoms with Crippen LogP contribution in [0, 0.1) is 6.92 Å². The number of unbranched alkanes of at least 4 members (excludes halogenated alkanes) is 1. The smallest absolute Gasteiger partial charge is 0.341 e. The fraction of sp³-hybridized carbons (Fsp3) is 0.462. The minimum Gasteiger partial charge on any atom is -0.490 e. The number of carboxylic acid groups (broad SMARTS) is 1. The molecule has 0 saturated carbocycles. The predicted octanol–water partition coefficient (Wildman–Crippen LogP) is 2.15. The summed E-state index contributed by atoms with van der Waals surface area (Å²) in [7, 11) is 1.82. The van der Waals surface area contributed by atoms with Crippen LogP contribution < -0.4 is 4.74 Å². The summed E-state index contributed by atoms with van der Waals surface area (Å²) in [5.41, 5.74) is 1.67. The number of aromatic carboxylic acids is 1.